The minimum atomic E-state index is -0.945. The Hall–Kier alpha value is -1.59. The zero-order chi connectivity index (χ0) is 13.3. The van der Waals surface area contributed by atoms with Gasteiger partial charge in [0, 0.05) is 12.5 Å². The van der Waals surface area contributed by atoms with Gasteiger partial charge in [0.25, 0.3) is 0 Å². The Kier molecular flexibility index (Phi) is 3.75. The van der Waals surface area contributed by atoms with Crippen LogP contribution in [0.5, 0.6) is 0 Å². The number of carboxylic acids is 1. The first-order valence-corrected chi connectivity index (χ1v) is 5.60. The Morgan fingerprint density at radius 2 is 2.00 bits per heavy atom. The number of carboxylic acid groups (broad SMARTS) is 1. The highest BCUT2D eigenvalue weighted by atomic mass is 16.4. The third-order valence-electron chi connectivity index (χ3n) is 3.47. The van der Waals surface area contributed by atoms with Crippen LogP contribution in [0.25, 0.3) is 0 Å². The van der Waals surface area contributed by atoms with Gasteiger partial charge in [-0.15, -0.1) is 0 Å². The number of hydrogen-bond donors (Lipinski definition) is 2. The summed E-state index contributed by atoms with van der Waals surface area (Å²) in [4.78, 5) is 35.4. The summed E-state index contributed by atoms with van der Waals surface area (Å²) in [6, 6.07) is -1.29. The number of likely N-dealkylation sites (tertiary alicyclic amines) is 1. The monoisotopic (exact) mass is 242 g/mol. The van der Waals surface area contributed by atoms with Gasteiger partial charge in [-0.1, -0.05) is 6.92 Å². The van der Waals surface area contributed by atoms with E-state index >= 15 is 0 Å². The van der Waals surface area contributed by atoms with Crippen LogP contribution >= 0.6 is 0 Å². The average molecular weight is 242 g/mol. The molecular formula is C11H18N2O4. The molecule has 0 aromatic heterocycles. The van der Waals surface area contributed by atoms with Crippen molar-refractivity contribution in [1.82, 2.24) is 4.90 Å². The molecule has 4 atom stereocenters. The van der Waals surface area contributed by atoms with Crippen LogP contribution in [0.4, 0.5) is 0 Å². The lowest BCUT2D eigenvalue weighted by atomic mass is 9.80. The molecule has 0 aromatic carbocycles. The van der Waals surface area contributed by atoms with Crippen LogP contribution in [0.2, 0.25) is 0 Å². The van der Waals surface area contributed by atoms with Crippen LogP contribution in [0.15, 0.2) is 0 Å². The molecule has 17 heavy (non-hydrogen) atoms. The third-order valence-corrected chi connectivity index (χ3v) is 3.47. The summed E-state index contributed by atoms with van der Waals surface area (Å²) < 4.78 is 0. The summed E-state index contributed by atoms with van der Waals surface area (Å²) in [5.74, 6) is -2.67. The van der Waals surface area contributed by atoms with E-state index in [0.717, 1.165) is 0 Å². The normalized spacial score (nSPS) is 31.1. The largest absolute Gasteiger partial charge is 0.481 e. The topological polar surface area (TPSA) is 101 Å². The molecule has 1 aliphatic rings. The lowest BCUT2D eigenvalue weighted by Crippen LogP contribution is -2.58. The molecule has 1 saturated heterocycles. The summed E-state index contributed by atoms with van der Waals surface area (Å²) in [6.45, 7) is 4.90. The number of piperidine rings is 1. The molecule has 0 bridgehead atoms. The highest BCUT2D eigenvalue weighted by Gasteiger charge is 2.44. The van der Waals surface area contributed by atoms with Crippen LogP contribution in [0, 0.1) is 11.8 Å². The molecule has 1 heterocycles. The first-order chi connectivity index (χ1) is 7.77. The van der Waals surface area contributed by atoms with Crippen molar-refractivity contribution in [2.75, 3.05) is 0 Å². The van der Waals surface area contributed by atoms with Gasteiger partial charge in [0.2, 0.25) is 11.8 Å². The second-order valence-corrected chi connectivity index (χ2v) is 4.67. The maximum Gasteiger partial charge on any atom is 0.308 e. The molecule has 0 aromatic rings. The number of primary amides is 1. The van der Waals surface area contributed by atoms with E-state index < -0.39 is 29.9 Å². The molecule has 0 spiro atoms. The van der Waals surface area contributed by atoms with Gasteiger partial charge >= 0.3 is 5.97 Å². The Labute approximate surface area is 99.8 Å². The van der Waals surface area contributed by atoms with Crippen LogP contribution < -0.4 is 5.73 Å². The van der Waals surface area contributed by atoms with E-state index in [1.165, 1.54) is 11.8 Å². The Bertz CT molecular complexity index is 355. The maximum atomic E-state index is 11.9. The molecule has 0 aliphatic carbocycles. The van der Waals surface area contributed by atoms with Crippen LogP contribution in [0.3, 0.4) is 0 Å². The van der Waals surface area contributed by atoms with Gasteiger partial charge in [-0.2, -0.15) is 0 Å². The number of amides is 2. The zero-order valence-corrected chi connectivity index (χ0v) is 10.2. The SMILES string of the molecule is CC1CC(=O)N(C(C)C(N)=O)C(C)C1C(=O)O. The number of nitrogens with zero attached hydrogens (tertiary/aromatic N) is 1. The van der Waals surface area contributed by atoms with E-state index in [9.17, 15) is 14.4 Å². The summed E-state index contributed by atoms with van der Waals surface area (Å²) in [7, 11) is 0. The molecular weight excluding hydrogens is 224 g/mol. The minimum Gasteiger partial charge on any atom is -0.481 e. The first-order valence-electron chi connectivity index (χ1n) is 5.60. The van der Waals surface area contributed by atoms with Gasteiger partial charge in [-0.3, -0.25) is 14.4 Å². The summed E-state index contributed by atoms with van der Waals surface area (Å²) in [6.07, 6.45) is 0.138. The van der Waals surface area contributed by atoms with E-state index in [2.05, 4.69) is 0 Å². The number of aliphatic carboxylic acids is 1. The van der Waals surface area contributed by atoms with Gasteiger partial charge in [-0.25, -0.2) is 0 Å². The fraction of sp³-hybridized carbons (Fsp3) is 0.727. The van der Waals surface area contributed by atoms with Crippen molar-refractivity contribution in [2.45, 2.75) is 39.3 Å². The van der Waals surface area contributed by atoms with Gasteiger partial charge in [0.05, 0.1) is 5.92 Å². The quantitative estimate of drug-likeness (QED) is 0.716. The van der Waals surface area contributed by atoms with Gasteiger partial charge in [0.15, 0.2) is 0 Å². The highest BCUT2D eigenvalue weighted by Crippen LogP contribution is 2.31. The van der Waals surface area contributed by atoms with Crippen molar-refractivity contribution in [3.05, 3.63) is 0 Å². The predicted octanol–water partition coefficient (Wildman–Crippen LogP) is -0.182. The standard InChI is InChI=1S/C11H18N2O4/c1-5-4-8(14)13(7(3)10(12)15)6(2)9(5)11(16)17/h5-7,9H,4H2,1-3H3,(H2,12,15)(H,16,17). The maximum absolute atomic E-state index is 11.9. The molecule has 4 unspecified atom stereocenters. The molecule has 6 nitrogen and oxygen atoms in total. The molecule has 3 N–H and O–H groups in total. The molecule has 2 amide bonds. The molecule has 0 radical (unpaired) electrons. The van der Waals surface area contributed by atoms with Crippen molar-refractivity contribution < 1.29 is 19.5 Å². The van der Waals surface area contributed by atoms with Crippen molar-refractivity contribution in [1.29, 1.82) is 0 Å². The molecule has 1 fully saturated rings. The molecule has 1 aliphatic heterocycles. The van der Waals surface area contributed by atoms with Gasteiger partial charge in [-0.05, 0) is 19.8 Å². The van der Waals surface area contributed by atoms with E-state index in [1.54, 1.807) is 13.8 Å². The lowest BCUT2D eigenvalue weighted by Gasteiger charge is -2.42. The average Bonchev–Trinajstić information content (AvgIpc) is 2.15. The van der Waals surface area contributed by atoms with E-state index in [4.69, 9.17) is 10.8 Å². The second kappa shape index (κ2) is 4.73. The fourth-order valence-electron chi connectivity index (χ4n) is 2.54. The van der Waals surface area contributed by atoms with Crippen LogP contribution in [0.1, 0.15) is 27.2 Å². The Morgan fingerprint density at radius 1 is 1.47 bits per heavy atom. The number of carbonyl (C=O) groups excluding carboxylic acids is 2. The lowest BCUT2D eigenvalue weighted by molar-refractivity contribution is -0.158. The number of rotatable bonds is 3. The van der Waals surface area contributed by atoms with Gasteiger partial charge in [0.1, 0.15) is 6.04 Å². The zero-order valence-electron chi connectivity index (χ0n) is 10.2. The van der Waals surface area contributed by atoms with Crippen molar-refractivity contribution in [2.24, 2.45) is 17.6 Å². The fourth-order valence-corrected chi connectivity index (χ4v) is 2.54. The third kappa shape index (κ3) is 2.40. The smallest absolute Gasteiger partial charge is 0.308 e. The first kappa shape index (κ1) is 13.5. The number of carbonyl (C=O) groups is 3. The Balaban J connectivity index is 3.01. The number of hydrogen-bond acceptors (Lipinski definition) is 3. The number of nitrogens with two attached hydrogens (primary N) is 1. The van der Waals surface area contributed by atoms with E-state index in [-0.39, 0.29) is 18.2 Å². The molecule has 0 saturated carbocycles. The predicted molar refractivity (Wildman–Crippen MR) is 59.9 cm³/mol. The minimum absolute atomic E-state index is 0.138. The van der Waals surface area contributed by atoms with Crippen molar-refractivity contribution >= 4 is 17.8 Å². The summed E-state index contributed by atoms with van der Waals surface area (Å²) in [5, 5.41) is 9.15. The van der Waals surface area contributed by atoms with Crippen molar-refractivity contribution in [3.8, 4) is 0 Å². The van der Waals surface area contributed by atoms with E-state index in [1.807, 2.05) is 0 Å². The van der Waals surface area contributed by atoms with Crippen molar-refractivity contribution in [3.63, 3.8) is 0 Å². The molecule has 96 valence electrons. The molecule has 6 heteroatoms. The molecule has 1 rings (SSSR count). The summed E-state index contributed by atoms with van der Waals surface area (Å²) >= 11 is 0. The van der Waals surface area contributed by atoms with Gasteiger partial charge < -0.3 is 15.7 Å². The second-order valence-electron chi connectivity index (χ2n) is 4.67. The Morgan fingerprint density at radius 3 is 2.41 bits per heavy atom. The summed E-state index contributed by atoms with van der Waals surface area (Å²) in [5.41, 5.74) is 5.17. The highest BCUT2D eigenvalue weighted by molar-refractivity contribution is 5.88. The van der Waals surface area contributed by atoms with Crippen LogP contribution in [-0.4, -0.2) is 39.9 Å². The van der Waals surface area contributed by atoms with E-state index in [0.29, 0.717) is 0 Å². The van der Waals surface area contributed by atoms with Crippen LogP contribution in [-0.2, 0) is 14.4 Å².